The number of carbonyl (C=O) groups excluding carboxylic acids is 1. The zero-order valence-corrected chi connectivity index (χ0v) is 13.3. The van der Waals surface area contributed by atoms with Gasteiger partial charge in [-0.25, -0.2) is 0 Å². The summed E-state index contributed by atoms with van der Waals surface area (Å²) in [7, 11) is 0. The number of ether oxygens (including phenoxy) is 1. The summed E-state index contributed by atoms with van der Waals surface area (Å²) < 4.78 is 5.46. The molecule has 4 heteroatoms. The summed E-state index contributed by atoms with van der Waals surface area (Å²) >= 11 is 5.45. The van der Waals surface area contributed by atoms with Gasteiger partial charge in [0.25, 0.3) is 0 Å². The zero-order valence-electron chi connectivity index (χ0n) is 12.5. The molecule has 20 heavy (non-hydrogen) atoms. The van der Waals surface area contributed by atoms with Crippen LogP contribution in [-0.4, -0.2) is 10.9 Å². The first-order valence-electron chi connectivity index (χ1n) is 6.87. The number of carbonyl (C=O) groups is 1. The van der Waals surface area contributed by atoms with E-state index in [1.807, 2.05) is 13.8 Å². The van der Waals surface area contributed by atoms with Crippen molar-refractivity contribution in [2.45, 2.75) is 58.3 Å². The summed E-state index contributed by atoms with van der Waals surface area (Å²) in [4.78, 5) is 11.1. The van der Waals surface area contributed by atoms with Gasteiger partial charge in [-0.3, -0.25) is 4.79 Å². The molecule has 0 atom stereocenters. The molecule has 110 valence electrons. The molecule has 1 heterocycles. The van der Waals surface area contributed by atoms with Crippen LogP contribution in [0.3, 0.4) is 0 Å². The lowest BCUT2D eigenvalue weighted by Gasteiger charge is -2.35. The van der Waals surface area contributed by atoms with Gasteiger partial charge in [-0.2, -0.15) is 0 Å². The van der Waals surface area contributed by atoms with Crippen molar-refractivity contribution in [2.75, 3.05) is 0 Å². The number of benzene rings is 1. The van der Waals surface area contributed by atoms with E-state index in [0.717, 1.165) is 6.42 Å². The lowest BCUT2D eigenvalue weighted by molar-refractivity contribution is 0.134. The second-order valence-electron chi connectivity index (χ2n) is 6.82. The van der Waals surface area contributed by atoms with Gasteiger partial charge >= 0.3 is 5.37 Å². The molecule has 0 radical (unpaired) electrons. The maximum Gasteiger partial charge on any atom is 0.314 e. The van der Waals surface area contributed by atoms with E-state index in [0.29, 0.717) is 13.2 Å². The van der Waals surface area contributed by atoms with Crippen LogP contribution >= 0.6 is 11.6 Å². The van der Waals surface area contributed by atoms with Crippen LogP contribution in [0.1, 0.15) is 50.8 Å². The smallest absolute Gasteiger partial charge is 0.314 e. The van der Waals surface area contributed by atoms with Gasteiger partial charge in [0.05, 0.1) is 13.2 Å². The second-order valence-corrected chi connectivity index (χ2v) is 7.16. The van der Waals surface area contributed by atoms with Gasteiger partial charge in [0.1, 0.15) is 0 Å². The van der Waals surface area contributed by atoms with Gasteiger partial charge in [0.2, 0.25) is 0 Å². The Hall–Kier alpha value is -1.06. The molecule has 1 aliphatic heterocycles. The van der Waals surface area contributed by atoms with E-state index < -0.39 is 5.37 Å². The number of hydrogen-bond donors (Lipinski definition) is 1. The highest BCUT2D eigenvalue weighted by Crippen LogP contribution is 2.34. The predicted molar refractivity (Wildman–Crippen MR) is 81.0 cm³/mol. The normalized spacial score (nSPS) is 15.1. The molecule has 1 aromatic rings. The van der Waals surface area contributed by atoms with Crippen LogP contribution in [0.2, 0.25) is 0 Å². The average molecular weight is 296 g/mol. The van der Waals surface area contributed by atoms with Crippen molar-refractivity contribution in [3.05, 3.63) is 34.9 Å². The highest BCUT2D eigenvalue weighted by molar-refractivity contribution is 6.63. The minimum Gasteiger partial charge on any atom is -0.372 e. The molecule has 1 aliphatic rings. The Morgan fingerprint density at radius 1 is 1.25 bits per heavy atom. The molecule has 1 aromatic carbocycles. The number of nitrogens with one attached hydrogen (secondary N) is 1. The third-order valence-electron chi connectivity index (χ3n) is 3.82. The fraction of sp³-hybridized carbons (Fsp3) is 0.562. The molecular formula is C16H22ClNO2. The fourth-order valence-electron chi connectivity index (χ4n) is 3.11. The van der Waals surface area contributed by atoms with Gasteiger partial charge < -0.3 is 10.1 Å². The van der Waals surface area contributed by atoms with Gasteiger partial charge in [-0.1, -0.05) is 32.0 Å². The van der Waals surface area contributed by atoms with Gasteiger partial charge in [-0.15, -0.1) is 0 Å². The molecule has 2 rings (SSSR count). The average Bonchev–Trinajstić information content (AvgIpc) is 2.71. The monoisotopic (exact) mass is 295 g/mol. The number of halogens is 1. The SMILES string of the molecule is CC(C)(CC(C)(C)c1ccc2c(c1)COC2)NC(=O)Cl. The Labute approximate surface area is 125 Å². The maximum atomic E-state index is 11.1. The van der Waals surface area contributed by atoms with Crippen LogP contribution in [0.15, 0.2) is 18.2 Å². The summed E-state index contributed by atoms with van der Waals surface area (Å²) in [5, 5.41) is 2.29. The van der Waals surface area contributed by atoms with Crippen LogP contribution in [0.25, 0.3) is 0 Å². The minimum absolute atomic E-state index is 0.0551. The first kappa shape index (κ1) is 15.3. The lowest BCUT2D eigenvalue weighted by atomic mass is 9.74. The first-order chi connectivity index (χ1) is 9.20. The quantitative estimate of drug-likeness (QED) is 0.670. The lowest BCUT2D eigenvalue weighted by Crippen LogP contribution is -2.45. The highest BCUT2D eigenvalue weighted by Gasteiger charge is 2.31. The van der Waals surface area contributed by atoms with Crippen molar-refractivity contribution >= 4 is 17.0 Å². The summed E-state index contributed by atoms with van der Waals surface area (Å²) in [6.45, 7) is 9.77. The first-order valence-corrected chi connectivity index (χ1v) is 7.25. The number of hydrogen-bond acceptors (Lipinski definition) is 2. The van der Waals surface area contributed by atoms with Crippen LogP contribution in [-0.2, 0) is 23.4 Å². The number of fused-ring (bicyclic) bond motifs is 1. The Morgan fingerprint density at radius 2 is 1.90 bits per heavy atom. The Morgan fingerprint density at radius 3 is 2.55 bits per heavy atom. The van der Waals surface area contributed by atoms with Crippen LogP contribution < -0.4 is 5.32 Å². The topological polar surface area (TPSA) is 38.3 Å². The molecule has 0 aliphatic carbocycles. The third-order valence-corrected chi connectivity index (χ3v) is 3.92. The van der Waals surface area contributed by atoms with Crippen LogP contribution in [0, 0.1) is 0 Å². The summed E-state index contributed by atoms with van der Waals surface area (Å²) in [6, 6.07) is 6.53. The predicted octanol–water partition coefficient (Wildman–Crippen LogP) is 4.11. The molecule has 0 saturated heterocycles. The zero-order chi connectivity index (χ0) is 15.0. The van der Waals surface area contributed by atoms with E-state index in [2.05, 4.69) is 37.4 Å². The van der Waals surface area contributed by atoms with Gasteiger partial charge in [0.15, 0.2) is 0 Å². The van der Waals surface area contributed by atoms with E-state index >= 15 is 0 Å². The number of amides is 1. The summed E-state index contributed by atoms with van der Waals surface area (Å²) in [6.07, 6.45) is 0.804. The van der Waals surface area contributed by atoms with Gasteiger partial charge in [0, 0.05) is 5.54 Å². The summed E-state index contributed by atoms with van der Waals surface area (Å²) in [5.74, 6) is 0. The van der Waals surface area contributed by atoms with Crippen molar-refractivity contribution in [3.8, 4) is 0 Å². The van der Waals surface area contributed by atoms with E-state index in [-0.39, 0.29) is 11.0 Å². The van der Waals surface area contributed by atoms with Crippen molar-refractivity contribution in [2.24, 2.45) is 0 Å². The molecule has 0 aromatic heterocycles. The summed E-state index contributed by atoms with van der Waals surface area (Å²) in [5.41, 5.74) is 3.41. The molecule has 0 fully saturated rings. The standard InChI is InChI=1S/C16H22ClNO2/c1-15(2,10-16(3,4)18-14(17)19)13-6-5-11-8-20-9-12(11)7-13/h5-7H,8-10H2,1-4H3,(H,18,19). The maximum absolute atomic E-state index is 11.1. The van der Waals surface area contributed by atoms with E-state index in [1.54, 1.807) is 0 Å². The Balaban J connectivity index is 2.19. The minimum atomic E-state index is -0.506. The molecule has 3 nitrogen and oxygen atoms in total. The fourth-order valence-corrected chi connectivity index (χ4v) is 3.37. The van der Waals surface area contributed by atoms with Crippen LogP contribution in [0.4, 0.5) is 4.79 Å². The Bertz CT molecular complexity index is 523. The van der Waals surface area contributed by atoms with E-state index in [1.165, 1.54) is 16.7 Å². The molecule has 0 bridgehead atoms. The largest absolute Gasteiger partial charge is 0.372 e. The molecule has 1 N–H and O–H groups in total. The second kappa shape index (κ2) is 5.38. The third kappa shape index (κ3) is 3.53. The number of rotatable bonds is 4. The van der Waals surface area contributed by atoms with Crippen molar-refractivity contribution in [1.82, 2.24) is 5.32 Å². The highest BCUT2D eigenvalue weighted by atomic mass is 35.5. The van der Waals surface area contributed by atoms with Crippen molar-refractivity contribution in [3.63, 3.8) is 0 Å². The van der Waals surface area contributed by atoms with Gasteiger partial charge in [-0.05, 0) is 54.0 Å². The molecule has 0 spiro atoms. The molecular weight excluding hydrogens is 274 g/mol. The molecule has 1 amide bonds. The molecule has 0 unspecified atom stereocenters. The molecule has 0 saturated carbocycles. The Kier molecular flexibility index (Phi) is 4.12. The van der Waals surface area contributed by atoms with E-state index in [4.69, 9.17) is 16.3 Å². The van der Waals surface area contributed by atoms with Crippen molar-refractivity contribution in [1.29, 1.82) is 0 Å². The van der Waals surface area contributed by atoms with E-state index in [9.17, 15) is 4.79 Å². The van der Waals surface area contributed by atoms with Crippen LogP contribution in [0.5, 0.6) is 0 Å². The van der Waals surface area contributed by atoms with Crippen molar-refractivity contribution < 1.29 is 9.53 Å².